The average Bonchev–Trinajstić information content (AvgIpc) is 2.45. The van der Waals surface area contributed by atoms with Crippen LogP contribution in [0.1, 0.15) is 30.0 Å². The van der Waals surface area contributed by atoms with E-state index in [1.165, 1.54) is 11.1 Å². The highest BCUT2D eigenvalue weighted by Crippen LogP contribution is 2.39. The van der Waals surface area contributed by atoms with Crippen LogP contribution in [0, 0.1) is 17.2 Å². The molecule has 2 unspecified atom stereocenters. The van der Waals surface area contributed by atoms with E-state index in [1.807, 2.05) is 6.07 Å². The molecule has 1 aromatic carbocycles. The van der Waals surface area contributed by atoms with Gasteiger partial charge in [0.05, 0.1) is 13.2 Å². The zero-order chi connectivity index (χ0) is 12.5. The molecule has 0 radical (unpaired) electrons. The zero-order valence-corrected chi connectivity index (χ0v) is 10.7. The summed E-state index contributed by atoms with van der Waals surface area (Å²) in [6.45, 7) is 2.18. The van der Waals surface area contributed by atoms with Crippen molar-refractivity contribution < 1.29 is 4.74 Å². The Morgan fingerprint density at radius 3 is 3.06 bits per heavy atom. The Morgan fingerprint density at radius 1 is 1.39 bits per heavy atom. The lowest BCUT2D eigenvalue weighted by Crippen LogP contribution is -2.41. The van der Waals surface area contributed by atoms with Crippen molar-refractivity contribution in [1.29, 1.82) is 5.26 Å². The Labute approximate surface area is 108 Å². The molecule has 1 fully saturated rings. The summed E-state index contributed by atoms with van der Waals surface area (Å²) in [5.74, 6) is 1.16. The molecule has 0 aromatic heterocycles. The zero-order valence-electron chi connectivity index (χ0n) is 10.7. The second-order valence-corrected chi connectivity index (χ2v) is 5.22. The van der Waals surface area contributed by atoms with Gasteiger partial charge in [-0.2, -0.15) is 5.26 Å². The molecule has 18 heavy (non-hydrogen) atoms. The highest BCUT2D eigenvalue weighted by molar-refractivity contribution is 5.39. The van der Waals surface area contributed by atoms with Crippen LogP contribution in [0.3, 0.4) is 0 Å². The van der Waals surface area contributed by atoms with Crippen LogP contribution in [0.25, 0.3) is 0 Å². The molecule has 2 atom stereocenters. The average molecular weight is 242 g/mol. The van der Waals surface area contributed by atoms with E-state index in [9.17, 15) is 0 Å². The van der Waals surface area contributed by atoms with Gasteiger partial charge in [-0.05, 0) is 42.5 Å². The number of benzene rings is 1. The van der Waals surface area contributed by atoms with Crippen molar-refractivity contribution in [2.24, 2.45) is 5.92 Å². The van der Waals surface area contributed by atoms with Crippen LogP contribution in [0.2, 0.25) is 0 Å². The van der Waals surface area contributed by atoms with Gasteiger partial charge < -0.3 is 4.74 Å². The quantitative estimate of drug-likeness (QED) is 0.759. The third kappa shape index (κ3) is 1.87. The number of methoxy groups -OCH3 is 1. The maximum atomic E-state index is 9.12. The maximum absolute atomic E-state index is 9.12. The molecule has 3 nitrogen and oxygen atoms in total. The lowest BCUT2D eigenvalue weighted by atomic mass is 9.82. The van der Waals surface area contributed by atoms with Crippen LogP contribution in [0.5, 0.6) is 5.75 Å². The molecule has 0 amide bonds. The number of ether oxygens (including phenoxy) is 1. The van der Waals surface area contributed by atoms with Crippen molar-refractivity contribution in [1.82, 2.24) is 4.90 Å². The lowest BCUT2D eigenvalue weighted by molar-refractivity contribution is 0.119. The number of fused-ring (bicyclic) bond motifs is 3. The van der Waals surface area contributed by atoms with Crippen molar-refractivity contribution in [3.8, 4) is 11.8 Å². The first-order valence-corrected chi connectivity index (χ1v) is 6.62. The number of rotatable bonds is 1. The molecule has 3 rings (SSSR count). The minimum absolute atomic E-state index is 0.222. The van der Waals surface area contributed by atoms with Gasteiger partial charge in [0.2, 0.25) is 0 Å². The van der Waals surface area contributed by atoms with Crippen molar-refractivity contribution >= 4 is 0 Å². The normalized spacial score (nSPS) is 26.9. The van der Waals surface area contributed by atoms with Crippen molar-refractivity contribution in [2.75, 3.05) is 20.2 Å². The van der Waals surface area contributed by atoms with Crippen LogP contribution >= 0.6 is 0 Å². The Morgan fingerprint density at radius 2 is 2.28 bits per heavy atom. The van der Waals surface area contributed by atoms with E-state index >= 15 is 0 Å². The smallest absolute Gasteiger partial charge is 0.119 e. The molecular weight excluding hydrogens is 224 g/mol. The molecule has 94 valence electrons. The molecule has 1 saturated heterocycles. The van der Waals surface area contributed by atoms with Crippen LogP contribution < -0.4 is 4.74 Å². The Bertz CT molecular complexity index is 492. The largest absolute Gasteiger partial charge is 0.497 e. The van der Waals surface area contributed by atoms with E-state index < -0.39 is 0 Å². The standard InChI is InChI=1S/C15H18N2O/c1-18-13-2-3-14-12(9-13)5-7-17-6-4-11(10-16)8-15(14)17/h2-3,9,11,15H,4-8H2,1H3. The predicted molar refractivity (Wildman–Crippen MR) is 69.3 cm³/mol. The molecule has 2 heterocycles. The summed E-state index contributed by atoms with van der Waals surface area (Å²) in [5.41, 5.74) is 2.80. The van der Waals surface area contributed by atoms with E-state index in [-0.39, 0.29) is 5.92 Å². The summed E-state index contributed by atoms with van der Waals surface area (Å²) in [4.78, 5) is 2.53. The molecular formula is C15H18N2O. The topological polar surface area (TPSA) is 36.3 Å². The predicted octanol–water partition coefficient (Wildman–Crippen LogP) is 2.53. The second kappa shape index (κ2) is 4.62. The summed E-state index contributed by atoms with van der Waals surface area (Å²) >= 11 is 0. The SMILES string of the molecule is COc1ccc2c(c1)CCN1CCC(C#N)CC21. The minimum Gasteiger partial charge on any atom is -0.497 e. The monoisotopic (exact) mass is 242 g/mol. The number of hydrogen-bond donors (Lipinski definition) is 0. The molecule has 0 spiro atoms. The van der Waals surface area contributed by atoms with Gasteiger partial charge in [0.15, 0.2) is 0 Å². The summed E-state index contributed by atoms with van der Waals surface area (Å²) in [6, 6.07) is 9.26. The first kappa shape index (κ1) is 11.6. The minimum atomic E-state index is 0.222. The summed E-state index contributed by atoms with van der Waals surface area (Å²) < 4.78 is 5.29. The van der Waals surface area contributed by atoms with E-state index in [2.05, 4.69) is 23.1 Å². The number of hydrogen-bond acceptors (Lipinski definition) is 3. The molecule has 0 saturated carbocycles. The van der Waals surface area contributed by atoms with E-state index in [4.69, 9.17) is 10.00 Å². The van der Waals surface area contributed by atoms with Crippen LogP contribution in [0.15, 0.2) is 18.2 Å². The Balaban J connectivity index is 1.93. The molecule has 0 aliphatic carbocycles. The van der Waals surface area contributed by atoms with Gasteiger partial charge in [0.25, 0.3) is 0 Å². The van der Waals surface area contributed by atoms with E-state index in [1.54, 1.807) is 7.11 Å². The van der Waals surface area contributed by atoms with E-state index in [0.717, 1.165) is 38.1 Å². The molecule has 0 bridgehead atoms. The van der Waals surface area contributed by atoms with Gasteiger partial charge in [0, 0.05) is 25.0 Å². The van der Waals surface area contributed by atoms with Gasteiger partial charge in [-0.25, -0.2) is 0 Å². The fourth-order valence-corrected chi connectivity index (χ4v) is 3.24. The third-order valence-electron chi connectivity index (χ3n) is 4.27. The Hall–Kier alpha value is -1.53. The van der Waals surface area contributed by atoms with Crippen molar-refractivity contribution in [2.45, 2.75) is 25.3 Å². The fourth-order valence-electron chi connectivity index (χ4n) is 3.24. The van der Waals surface area contributed by atoms with Crippen molar-refractivity contribution in [3.05, 3.63) is 29.3 Å². The molecule has 3 heteroatoms. The first-order valence-electron chi connectivity index (χ1n) is 6.62. The molecule has 2 aliphatic heterocycles. The third-order valence-corrected chi connectivity index (χ3v) is 4.27. The number of nitrogens with zero attached hydrogens (tertiary/aromatic N) is 2. The first-order chi connectivity index (χ1) is 8.81. The second-order valence-electron chi connectivity index (χ2n) is 5.22. The maximum Gasteiger partial charge on any atom is 0.119 e. The van der Waals surface area contributed by atoms with Crippen molar-refractivity contribution in [3.63, 3.8) is 0 Å². The van der Waals surface area contributed by atoms with Gasteiger partial charge in [-0.15, -0.1) is 0 Å². The van der Waals surface area contributed by atoms with Gasteiger partial charge in [-0.3, -0.25) is 4.90 Å². The van der Waals surface area contributed by atoms with E-state index in [0.29, 0.717) is 6.04 Å². The lowest BCUT2D eigenvalue weighted by Gasteiger charge is -2.42. The summed E-state index contributed by atoms with van der Waals surface area (Å²) in [6.07, 6.45) is 3.11. The molecule has 2 aliphatic rings. The van der Waals surface area contributed by atoms with Gasteiger partial charge >= 0.3 is 0 Å². The molecule has 0 N–H and O–H groups in total. The Kier molecular flexibility index (Phi) is 2.97. The van der Waals surface area contributed by atoms with Crippen LogP contribution in [0.4, 0.5) is 0 Å². The number of piperidine rings is 1. The highest BCUT2D eigenvalue weighted by atomic mass is 16.5. The highest BCUT2D eigenvalue weighted by Gasteiger charge is 2.33. The van der Waals surface area contributed by atoms with Crippen LogP contribution in [-0.4, -0.2) is 25.1 Å². The fraction of sp³-hybridized carbons (Fsp3) is 0.533. The van der Waals surface area contributed by atoms with Crippen LogP contribution in [-0.2, 0) is 6.42 Å². The number of nitriles is 1. The summed E-state index contributed by atoms with van der Waals surface area (Å²) in [7, 11) is 1.71. The molecule has 1 aromatic rings. The van der Waals surface area contributed by atoms with Gasteiger partial charge in [-0.1, -0.05) is 6.07 Å². The summed E-state index contributed by atoms with van der Waals surface area (Å²) in [5, 5.41) is 9.12. The van der Waals surface area contributed by atoms with Gasteiger partial charge in [0.1, 0.15) is 5.75 Å².